The van der Waals surface area contributed by atoms with Gasteiger partial charge in [-0.2, -0.15) is 0 Å². The van der Waals surface area contributed by atoms with Gasteiger partial charge in [-0.25, -0.2) is 12.3 Å². The van der Waals surface area contributed by atoms with Gasteiger partial charge in [0.05, 0.1) is 19.4 Å². The van der Waals surface area contributed by atoms with Crippen LogP contribution in [0.15, 0.2) is 0 Å². The van der Waals surface area contributed by atoms with Crippen LogP contribution in [0.1, 0.15) is 13.8 Å². The second kappa shape index (κ2) is 5.90. The Hall–Kier alpha value is 0.157. The zero-order chi connectivity index (χ0) is 11.2. The zero-order valence-electron chi connectivity index (χ0n) is 8.13. The van der Waals surface area contributed by atoms with E-state index in [1.54, 1.807) is 13.8 Å². The highest BCUT2D eigenvalue weighted by Gasteiger charge is 2.40. The molecular formula is C6H14F3O3PSi. The monoisotopic (exact) mass is 250 g/mol. The Morgan fingerprint density at radius 2 is 1.57 bits per heavy atom. The number of rotatable bonds is 7. The molecule has 14 heavy (non-hydrogen) atoms. The van der Waals surface area contributed by atoms with Crippen molar-refractivity contribution in [2.24, 2.45) is 0 Å². The van der Waals surface area contributed by atoms with Gasteiger partial charge in [-0.1, -0.05) is 0 Å². The summed E-state index contributed by atoms with van der Waals surface area (Å²) in [6.45, 7) is 3.32. The van der Waals surface area contributed by atoms with Gasteiger partial charge in [-0.15, -0.1) is 0 Å². The predicted molar refractivity (Wildman–Crippen MR) is 49.6 cm³/mol. The highest BCUT2D eigenvalue weighted by Crippen LogP contribution is 2.49. The number of halogens is 3. The van der Waals surface area contributed by atoms with Gasteiger partial charge in [0, 0.05) is 6.04 Å². The predicted octanol–water partition coefficient (Wildman–Crippen LogP) is 3.10. The Kier molecular flexibility index (Phi) is 5.96. The van der Waals surface area contributed by atoms with E-state index in [1.807, 2.05) is 0 Å². The summed E-state index contributed by atoms with van der Waals surface area (Å²) in [5.41, 5.74) is 0. The van der Waals surface area contributed by atoms with E-state index >= 15 is 0 Å². The molecule has 86 valence electrons. The van der Waals surface area contributed by atoms with Crippen molar-refractivity contribution in [1.29, 1.82) is 0 Å². The fourth-order valence-corrected chi connectivity index (χ4v) is 4.05. The largest absolute Gasteiger partial charge is 0.616 e. The first kappa shape index (κ1) is 14.2. The molecule has 0 heterocycles. The van der Waals surface area contributed by atoms with Crippen LogP contribution in [-0.2, 0) is 13.6 Å². The van der Waals surface area contributed by atoms with E-state index in [9.17, 15) is 16.9 Å². The van der Waals surface area contributed by atoms with Gasteiger partial charge < -0.3 is 9.05 Å². The topological polar surface area (TPSA) is 35.5 Å². The summed E-state index contributed by atoms with van der Waals surface area (Å²) in [4.78, 5) is 0. The molecule has 0 aliphatic heterocycles. The second-order valence-corrected chi connectivity index (χ2v) is 6.45. The second-order valence-electron chi connectivity index (χ2n) is 2.54. The van der Waals surface area contributed by atoms with Gasteiger partial charge in [0.2, 0.25) is 0 Å². The van der Waals surface area contributed by atoms with Crippen LogP contribution in [0.2, 0.25) is 6.04 Å². The van der Waals surface area contributed by atoms with Crippen LogP contribution in [0.3, 0.4) is 0 Å². The lowest BCUT2D eigenvalue weighted by atomic mass is 10.9. The molecule has 0 aromatic rings. The Labute approximate surface area is 82.7 Å². The van der Waals surface area contributed by atoms with Crippen molar-refractivity contribution in [2.45, 2.75) is 19.9 Å². The standard InChI is InChI=1S/C6H14F3O3PSi/c1-3-11-13(10,12-4-2)5-6-14(7,8)9/h3-6H2,1-2H3. The first-order chi connectivity index (χ1) is 6.33. The minimum absolute atomic E-state index is 0.0939. The van der Waals surface area contributed by atoms with Crippen LogP contribution < -0.4 is 0 Å². The minimum Gasteiger partial charge on any atom is -0.309 e. The Morgan fingerprint density at radius 3 is 1.86 bits per heavy atom. The third kappa shape index (κ3) is 6.59. The SMILES string of the molecule is CCOP(=O)(CC[Si](F)(F)F)OCC. The van der Waals surface area contributed by atoms with Crippen molar-refractivity contribution >= 4 is 16.7 Å². The summed E-state index contributed by atoms with van der Waals surface area (Å²) >= 11 is 0. The molecule has 0 unspecified atom stereocenters. The van der Waals surface area contributed by atoms with Gasteiger partial charge in [0.25, 0.3) is 0 Å². The van der Waals surface area contributed by atoms with Crippen molar-refractivity contribution in [3.8, 4) is 0 Å². The maximum Gasteiger partial charge on any atom is 0.616 e. The third-order valence-corrected chi connectivity index (χ3v) is 4.63. The molecule has 0 atom stereocenters. The lowest BCUT2D eigenvalue weighted by Gasteiger charge is -2.16. The average molecular weight is 250 g/mol. The van der Waals surface area contributed by atoms with Crippen molar-refractivity contribution < 1.29 is 25.9 Å². The summed E-state index contributed by atoms with van der Waals surface area (Å²) in [5, 5.41) is 0. The molecule has 3 nitrogen and oxygen atoms in total. The summed E-state index contributed by atoms with van der Waals surface area (Å²) in [6.07, 6.45) is -0.551. The highest BCUT2D eigenvalue weighted by atomic mass is 31.2. The lowest BCUT2D eigenvalue weighted by Crippen LogP contribution is -2.17. The Balaban J connectivity index is 4.16. The maximum atomic E-state index is 12.0. The number of hydrogen-bond acceptors (Lipinski definition) is 3. The molecule has 0 bridgehead atoms. The fourth-order valence-electron chi connectivity index (χ4n) is 0.823. The van der Waals surface area contributed by atoms with E-state index in [0.29, 0.717) is 0 Å². The van der Waals surface area contributed by atoms with E-state index in [1.165, 1.54) is 0 Å². The van der Waals surface area contributed by atoms with Crippen LogP contribution in [0.25, 0.3) is 0 Å². The average Bonchev–Trinajstić information content (AvgIpc) is 2.01. The third-order valence-electron chi connectivity index (χ3n) is 1.32. The zero-order valence-corrected chi connectivity index (χ0v) is 10.0. The van der Waals surface area contributed by atoms with Gasteiger partial charge in [0.15, 0.2) is 0 Å². The molecule has 0 spiro atoms. The van der Waals surface area contributed by atoms with E-state index < -0.39 is 28.9 Å². The molecule has 0 saturated carbocycles. The van der Waals surface area contributed by atoms with Gasteiger partial charge in [0.1, 0.15) is 0 Å². The van der Waals surface area contributed by atoms with Crippen molar-refractivity contribution in [3.05, 3.63) is 0 Å². The highest BCUT2D eigenvalue weighted by molar-refractivity contribution is 7.54. The Morgan fingerprint density at radius 1 is 1.14 bits per heavy atom. The van der Waals surface area contributed by atoms with Crippen LogP contribution in [0.5, 0.6) is 0 Å². The van der Waals surface area contributed by atoms with Gasteiger partial charge in [-0.3, -0.25) is 4.57 Å². The van der Waals surface area contributed by atoms with E-state index in [4.69, 9.17) is 9.05 Å². The van der Waals surface area contributed by atoms with E-state index in [0.717, 1.165) is 0 Å². The van der Waals surface area contributed by atoms with Crippen LogP contribution in [0, 0.1) is 0 Å². The first-order valence-corrected chi connectivity index (χ1v) is 7.84. The molecule has 0 amide bonds. The first-order valence-electron chi connectivity index (χ1n) is 4.28. The summed E-state index contributed by atoms with van der Waals surface area (Å²) in [7, 11) is -9.16. The normalized spacial score (nSPS) is 13.2. The molecule has 0 N–H and O–H groups in total. The van der Waals surface area contributed by atoms with Gasteiger partial charge >= 0.3 is 16.7 Å². The van der Waals surface area contributed by atoms with Crippen molar-refractivity contribution in [1.82, 2.24) is 0 Å². The van der Waals surface area contributed by atoms with Crippen LogP contribution in [-0.4, -0.2) is 28.5 Å². The van der Waals surface area contributed by atoms with Crippen LogP contribution >= 0.6 is 7.60 Å². The van der Waals surface area contributed by atoms with Gasteiger partial charge in [-0.05, 0) is 13.8 Å². The molecule has 0 radical (unpaired) electrons. The molecule has 0 aromatic carbocycles. The van der Waals surface area contributed by atoms with Crippen molar-refractivity contribution in [3.63, 3.8) is 0 Å². The van der Waals surface area contributed by atoms with Crippen molar-refractivity contribution in [2.75, 3.05) is 19.4 Å². The van der Waals surface area contributed by atoms with E-state index in [-0.39, 0.29) is 13.2 Å². The maximum absolute atomic E-state index is 12.0. The molecule has 0 aliphatic rings. The molecule has 0 aromatic heterocycles. The molecule has 0 fully saturated rings. The Bertz CT molecular complexity index is 199. The minimum atomic E-state index is -5.66. The smallest absolute Gasteiger partial charge is 0.309 e. The lowest BCUT2D eigenvalue weighted by molar-refractivity contribution is 0.220. The summed E-state index contributed by atoms with van der Waals surface area (Å²) in [5.74, 6) is 0. The summed E-state index contributed by atoms with van der Waals surface area (Å²) < 4.78 is 56.9. The number of hydrogen-bond donors (Lipinski definition) is 0. The molecule has 0 aliphatic carbocycles. The van der Waals surface area contributed by atoms with Crippen LogP contribution in [0.4, 0.5) is 12.3 Å². The fraction of sp³-hybridized carbons (Fsp3) is 1.00. The summed E-state index contributed by atoms with van der Waals surface area (Å²) in [6, 6.07) is -1.01. The molecular weight excluding hydrogens is 236 g/mol. The molecule has 0 saturated heterocycles. The molecule has 8 heteroatoms. The quantitative estimate of drug-likeness (QED) is 0.395. The van der Waals surface area contributed by atoms with E-state index in [2.05, 4.69) is 0 Å². The molecule has 0 rings (SSSR count).